The van der Waals surface area contributed by atoms with Gasteiger partial charge in [-0.15, -0.1) is 11.3 Å². The first-order chi connectivity index (χ1) is 9.15. The monoisotopic (exact) mass is 333 g/mol. The molecule has 0 saturated carbocycles. The second-order valence-corrected chi connectivity index (χ2v) is 6.14. The highest BCUT2D eigenvalue weighted by Gasteiger charge is 2.11. The molecule has 2 heterocycles. The highest BCUT2D eigenvalue weighted by molar-refractivity contribution is 9.10. The Morgan fingerprint density at radius 3 is 2.79 bits per heavy atom. The number of nitrogens with zero attached hydrogens (tertiary/aromatic N) is 2. The summed E-state index contributed by atoms with van der Waals surface area (Å²) < 4.78 is 2.84. The quantitative estimate of drug-likeness (QED) is 0.761. The maximum absolute atomic E-state index is 6.08. The lowest BCUT2D eigenvalue weighted by Gasteiger charge is -2.07. The summed E-state index contributed by atoms with van der Waals surface area (Å²) in [5, 5.41) is 6.64. The van der Waals surface area contributed by atoms with Gasteiger partial charge in [0, 0.05) is 10.5 Å². The number of benzene rings is 1. The van der Waals surface area contributed by atoms with E-state index < -0.39 is 0 Å². The summed E-state index contributed by atoms with van der Waals surface area (Å²) in [6.45, 7) is 2.05. The van der Waals surface area contributed by atoms with Crippen molar-refractivity contribution in [2.45, 2.75) is 6.92 Å². The number of halogens is 1. The van der Waals surface area contributed by atoms with Gasteiger partial charge in [-0.25, -0.2) is 4.68 Å². The van der Waals surface area contributed by atoms with Crippen LogP contribution in [0.4, 0.5) is 5.82 Å². The van der Waals surface area contributed by atoms with E-state index in [-0.39, 0.29) is 0 Å². The molecule has 19 heavy (non-hydrogen) atoms. The van der Waals surface area contributed by atoms with Gasteiger partial charge in [-0.05, 0) is 42.1 Å². The van der Waals surface area contributed by atoms with Gasteiger partial charge in [0.25, 0.3) is 0 Å². The van der Waals surface area contributed by atoms with Gasteiger partial charge in [0.05, 0.1) is 10.6 Å². The van der Waals surface area contributed by atoms with Gasteiger partial charge in [0.2, 0.25) is 0 Å². The molecule has 0 unspecified atom stereocenters. The summed E-state index contributed by atoms with van der Waals surface area (Å²) in [4.78, 5) is 1.13. The Balaban J connectivity index is 2.11. The molecule has 0 aliphatic heterocycles. The molecule has 0 radical (unpaired) electrons. The van der Waals surface area contributed by atoms with Crippen LogP contribution in [-0.2, 0) is 0 Å². The topological polar surface area (TPSA) is 43.8 Å². The Morgan fingerprint density at radius 1 is 1.26 bits per heavy atom. The van der Waals surface area contributed by atoms with E-state index in [1.165, 1.54) is 0 Å². The molecular weight excluding hydrogens is 322 g/mol. The third-order valence-electron chi connectivity index (χ3n) is 2.90. The van der Waals surface area contributed by atoms with Crippen molar-refractivity contribution in [3.05, 3.63) is 51.8 Å². The van der Waals surface area contributed by atoms with Gasteiger partial charge >= 0.3 is 0 Å². The number of aromatic nitrogens is 2. The van der Waals surface area contributed by atoms with E-state index in [0.29, 0.717) is 5.82 Å². The third-order valence-corrected chi connectivity index (χ3v) is 4.28. The zero-order valence-electron chi connectivity index (χ0n) is 10.3. The van der Waals surface area contributed by atoms with Gasteiger partial charge in [-0.1, -0.05) is 22.0 Å². The fraction of sp³-hybridized carbons (Fsp3) is 0.0714. The van der Waals surface area contributed by atoms with Crippen LogP contribution in [0.25, 0.3) is 16.3 Å². The fourth-order valence-corrected chi connectivity index (χ4v) is 3.15. The molecule has 0 aliphatic rings. The van der Waals surface area contributed by atoms with Crippen LogP contribution in [0.1, 0.15) is 5.56 Å². The van der Waals surface area contributed by atoms with Gasteiger partial charge in [0.1, 0.15) is 11.5 Å². The lowest BCUT2D eigenvalue weighted by molar-refractivity contribution is 0.887. The van der Waals surface area contributed by atoms with Crippen LogP contribution in [0.15, 0.2) is 46.3 Å². The average molecular weight is 334 g/mol. The van der Waals surface area contributed by atoms with E-state index in [0.717, 1.165) is 26.3 Å². The Kier molecular flexibility index (Phi) is 3.16. The molecule has 3 nitrogen and oxygen atoms in total. The van der Waals surface area contributed by atoms with Crippen molar-refractivity contribution in [1.29, 1.82) is 0 Å². The number of aryl methyl sites for hydroxylation is 1. The smallest absolute Gasteiger partial charge is 0.127 e. The van der Waals surface area contributed by atoms with Crippen LogP contribution < -0.4 is 5.73 Å². The number of thiophene rings is 1. The minimum atomic E-state index is 0.647. The fourth-order valence-electron chi connectivity index (χ4n) is 1.99. The minimum absolute atomic E-state index is 0.647. The van der Waals surface area contributed by atoms with Gasteiger partial charge in [-0.2, -0.15) is 5.10 Å². The molecule has 96 valence electrons. The molecule has 0 bridgehead atoms. The molecule has 0 atom stereocenters. The van der Waals surface area contributed by atoms with Crippen LogP contribution in [-0.4, -0.2) is 9.78 Å². The molecule has 0 spiro atoms. The number of hydrogen-bond acceptors (Lipinski definition) is 3. The molecule has 1 aromatic carbocycles. The Bertz CT molecular complexity index is 716. The highest BCUT2D eigenvalue weighted by Crippen LogP contribution is 2.28. The summed E-state index contributed by atoms with van der Waals surface area (Å²) in [7, 11) is 0. The second kappa shape index (κ2) is 4.83. The van der Waals surface area contributed by atoms with Crippen molar-refractivity contribution < 1.29 is 0 Å². The first-order valence-electron chi connectivity index (χ1n) is 5.81. The molecule has 0 aliphatic carbocycles. The first-order valence-corrected chi connectivity index (χ1v) is 7.48. The van der Waals surface area contributed by atoms with E-state index in [1.54, 1.807) is 16.0 Å². The number of anilines is 1. The molecule has 3 aromatic rings. The predicted molar refractivity (Wildman–Crippen MR) is 83.7 cm³/mol. The molecule has 0 amide bonds. The average Bonchev–Trinajstić information content (AvgIpc) is 2.98. The highest BCUT2D eigenvalue weighted by atomic mass is 79.9. The summed E-state index contributed by atoms with van der Waals surface area (Å²) in [6, 6.07) is 12.0. The molecule has 5 heteroatoms. The van der Waals surface area contributed by atoms with Gasteiger partial charge in [-0.3, -0.25) is 0 Å². The van der Waals surface area contributed by atoms with Crippen molar-refractivity contribution in [2.75, 3.05) is 5.73 Å². The van der Waals surface area contributed by atoms with Gasteiger partial charge in [0.15, 0.2) is 0 Å². The standard InChI is InChI=1S/C14H12BrN3S/c1-9-7-10(15)4-5-12(9)18-14(16)8-11(17-18)13-3-2-6-19-13/h2-8H,16H2,1H3. The van der Waals surface area contributed by atoms with E-state index in [4.69, 9.17) is 5.73 Å². The van der Waals surface area contributed by atoms with E-state index in [1.807, 2.05) is 42.6 Å². The SMILES string of the molecule is Cc1cc(Br)ccc1-n1nc(-c2cccs2)cc1N. The van der Waals surface area contributed by atoms with Crippen LogP contribution in [0.3, 0.4) is 0 Å². The van der Waals surface area contributed by atoms with Crippen LogP contribution in [0.2, 0.25) is 0 Å². The Hall–Kier alpha value is -1.59. The lowest BCUT2D eigenvalue weighted by Crippen LogP contribution is -2.03. The van der Waals surface area contributed by atoms with Crippen LogP contribution >= 0.6 is 27.3 Å². The van der Waals surface area contributed by atoms with Crippen molar-refractivity contribution in [3.8, 4) is 16.3 Å². The zero-order valence-corrected chi connectivity index (χ0v) is 12.7. The molecule has 2 aromatic heterocycles. The Labute approximate surface area is 123 Å². The summed E-state index contributed by atoms with van der Waals surface area (Å²) >= 11 is 5.13. The third kappa shape index (κ3) is 2.31. The van der Waals surface area contributed by atoms with Crippen molar-refractivity contribution >= 4 is 33.1 Å². The normalized spacial score (nSPS) is 10.8. The predicted octanol–water partition coefficient (Wildman–Crippen LogP) is 4.25. The van der Waals surface area contributed by atoms with Crippen LogP contribution in [0.5, 0.6) is 0 Å². The molecule has 0 fully saturated rings. The molecule has 3 rings (SSSR count). The molecule has 0 saturated heterocycles. The summed E-state index contributed by atoms with van der Waals surface area (Å²) in [5.41, 5.74) is 9.12. The number of nitrogen functional groups attached to an aromatic ring is 1. The molecule has 2 N–H and O–H groups in total. The van der Waals surface area contributed by atoms with Crippen molar-refractivity contribution in [3.63, 3.8) is 0 Å². The van der Waals surface area contributed by atoms with Gasteiger partial charge < -0.3 is 5.73 Å². The number of nitrogens with two attached hydrogens (primary N) is 1. The van der Waals surface area contributed by atoms with Crippen molar-refractivity contribution in [2.24, 2.45) is 0 Å². The lowest BCUT2D eigenvalue weighted by atomic mass is 10.2. The minimum Gasteiger partial charge on any atom is -0.384 e. The second-order valence-electron chi connectivity index (χ2n) is 4.27. The van der Waals surface area contributed by atoms with E-state index in [2.05, 4.69) is 27.1 Å². The summed E-state index contributed by atoms with van der Waals surface area (Å²) in [5.74, 6) is 0.647. The maximum atomic E-state index is 6.08. The first kappa shape index (κ1) is 12.4. The largest absolute Gasteiger partial charge is 0.384 e. The number of hydrogen-bond donors (Lipinski definition) is 1. The maximum Gasteiger partial charge on any atom is 0.127 e. The molecular formula is C14H12BrN3S. The zero-order chi connectivity index (χ0) is 13.4. The Morgan fingerprint density at radius 2 is 2.11 bits per heavy atom. The number of rotatable bonds is 2. The van der Waals surface area contributed by atoms with Crippen LogP contribution in [0, 0.1) is 6.92 Å². The van der Waals surface area contributed by atoms with Crippen molar-refractivity contribution in [1.82, 2.24) is 9.78 Å². The van der Waals surface area contributed by atoms with E-state index in [9.17, 15) is 0 Å². The van der Waals surface area contributed by atoms with E-state index >= 15 is 0 Å². The summed E-state index contributed by atoms with van der Waals surface area (Å²) in [6.07, 6.45) is 0.